The number of ether oxygens (including phenoxy) is 3. The first-order valence-corrected chi connectivity index (χ1v) is 11.6. The average molecular weight is 507 g/mol. The van der Waals surface area contributed by atoms with E-state index in [1.807, 2.05) is 12.3 Å². The summed E-state index contributed by atoms with van der Waals surface area (Å²) < 4.78 is 16.3. The summed E-state index contributed by atoms with van der Waals surface area (Å²) in [7, 11) is 1.25. The number of benzene rings is 2. The van der Waals surface area contributed by atoms with Crippen molar-refractivity contribution in [2.75, 3.05) is 31.9 Å². The van der Waals surface area contributed by atoms with Gasteiger partial charge in [-0.1, -0.05) is 23.2 Å². The van der Waals surface area contributed by atoms with Gasteiger partial charge in [-0.3, -0.25) is 4.79 Å². The molecule has 3 rings (SSSR count). The molecule has 0 spiro atoms. The second kappa shape index (κ2) is 11.8. The Kier molecular flexibility index (Phi) is 8.82. The molecule has 0 aliphatic heterocycles. The maximum absolute atomic E-state index is 12.6. The van der Waals surface area contributed by atoms with Crippen molar-refractivity contribution in [3.63, 3.8) is 0 Å². The molecule has 172 valence electrons. The molecule has 0 unspecified atom stereocenters. The van der Waals surface area contributed by atoms with Crippen LogP contribution < -0.4 is 14.8 Å². The number of pyridine rings is 1. The highest BCUT2D eigenvalue weighted by atomic mass is 35.5. The van der Waals surface area contributed by atoms with E-state index in [2.05, 4.69) is 10.3 Å². The van der Waals surface area contributed by atoms with E-state index in [0.29, 0.717) is 16.5 Å². The van der Waals surface area contributed by atoms with Gasteiger partial charge in [0.1, 0.15) is 24.0 Å². The fraction of sp³-hybridized carbons (Fsp3) is 0.174. The zero-order valence-corrected chi connectivity index (χ0v) is 20.1. The zero-order chi connectivity index (χ0) is 23.8. The lowest BCUT2D eigenvalue weighted by Crippen LogP contribution is -2.16. The molecule has 7 nitrogen and oxygen atoms in total. The van der Waals surface area contributed by atoms with E-state index >= 15 is 0 Å². The maximum atomic E-state index is 12.6. The van der Waals surface area contributed by atoms with Gasteiger partial charge in [-0.15, -0.1) is 11.8 Å². The van der Waals surface area contributed by atoms with Gasteiger partial charge in [0.05, 0.1) is 28.9 Å². The Morgan fingerprint density at radius 1 is 1.03 bits per heavy atom. The summed E-state index contributed by atoms with van der Waals surface area (Å²) in [5.74, 6) is -0.0419. The van der Waals surface area contributed by atoms with Gasteiger partial charge >= 0.3 is 5.97 Å². The van der Waals surface area contributed by atoms with Crippen LogP contribution in [0, 0.1) is 0 Å². The summed E-state index contributed by atoms with van der Waals surface area (Å²) in [4.78, 5) is 29.2. The smallest absolute Gasteiger partial charge is 0.340 e. The van der Waals surface area contributed by atoms with Crippen LogP contribution in [0.4, 0.5) is 5.69 Å². The molecule has 10 heteroatoms. The molecular weight excluding hydrogens is 487 g/mol. The Bertz CT molecular complexity index is 1160. The number of rotatable bonds is 9. The van der Waals surface area contributed by atoms with Crippen LogP contribution in [0.3, 0.4) is 0 Å². The normalized spacial score (nSPS) is 10.4. The number of hydrogen-bond acceptors (Lipinski definition) is 7. The predicted octanol–water partition coefficient (Wildman–Crippen LogP) is 5.61. The Labute approximate surface area is 205 Å². The van der Waals surface area contributed by atoms with E-state index in [-0.39, 0.29) is 35.1 Å². The zero-order valence-electron chi connectivity index (χ0n) is 17.8. The third-order valence-corrected chi connectivity index (χ3v) is 5.60. The van der Waals surface area contributed by atoms with Crippen LogP contribution in [0.5, 0.6) is 11.5 Å². The van der Waals surface area contributed by atoms with E-state index in [0.717, 1.165) is 5.03 Å². The van der Waals surface area contributed by atoms with Gasteiger partial charge in [-0.25, -0.2) is 9.78 Å². The SMILES string of the molecule is COC(=O)c1cc(OCCOc2cccnc2SC)ccc1NC(=O)c1ccc(Cl)cc1Cl. The number of anilines is 1. The number of methoxy groups -OCH3 is 1. The largest absolute Gasteiger partial charge is 0.490 e. The lowest BCUT2D eigenvalue weighted by molar-refractivity contribution is 0.0601. The molecule has 1 aromatic heterocycles. The fourth-order valence-electron chi connectivity index (χ4n) is 2.81. The first-order valence-electron chi connectivity index (χ1n) is 9.66. The minimum Gasteiger partial charge on any atom is -0.490 e. The molecule has 1 heterocycles. The van der Waals surface area contributed by atoms with Crippen molar-refractivity contribution in [3.05, 3.63) is 75.9 Å². The van der Waals surface area contributed by atoms with Gasteiger partial charge in [0.2, 0.25) is 0 Å². The van der Waals surface area contributed by atoms with E-state index in [1.54, 1.807) is 30.5 Å². The number of thioether (sulfide) groups is 1. The molecule has 1 amide bonds. The van der Waals surface area contributed by atoms with E-state index in [4.69, 9.17) is 37.4 Å². The number of aromatic nitrogens is 1. The minimum atomic E-state index is -0.630. The van der Waals surface area contributed by atoms with Crippen molar-refractivity contribution in [1.29, 1.82) is 0 Å². The lowest BCUT2D eigenvalue weighted by atomic mass is 10.1. The number of carbonyl (C=O) groups is 2. The third kappa shape index (κ3) is 6.54. The quantitative estimate of drug-likeness (QED) is 0.229. The van der Waals surface area contributed by atoms with Crippen LogP contribution in [0.1, 0.15) is 20.7 Å². The fourth-order valence-corrected chi connectivity index (χ4v) is 3.80. The standard InChI is InChI=1S/C23H20Cl2N2O5S/c1-30-23(29)17-13-15(31-10-11-32-20-4-3-9-26-22(20)33-2)6-8-19(17)27-21(28)16-7-5-14(24)12-18(16)25/h3-9,12-13H,10-11H2,1-2H3,(H,27,28). The van der Waals surface area contributed by atoms with Gasteiger partial charge in [-0.05, 0) is 54.8 Å². The molecular formula is C23H20Cl2N2O5S. The third-order valence-electron chi connectivity index (χ3n) is 4.36. The van der Waals surface area contributed by atoms with Crippen molar-refractivity contribution in [2.45, 2.75) is 5.03 Å². The summed E-state index contributed by atoms with van der Waals surface area (Å²) in [6.07, 6.45) is 3.62. The minimum absolute atomic E-state index is 0.131. The second-order valence-electron chi connectivity index (χ2n) is 6.49. The van der Waals surface area contributed by atoms with Crippen molar-refractivity contribution >= 4 is 52.5 Å². The number of nitrogens with zero attached hydrogens (tertiary/aromatic N) is 1. The van der Waals surface area contributed by atoms with Crippen LogP contribution in [0.2, 0.25) is 10.0 Å². The molecule has 0 aliphatic rings. The Balaban J connectivity index is 1.68. The highest BCUT2D eigenvalue weighted by Gasteiger charge is 2.18. The first-order chi connectivity index (χ1) is 15.9. The maximum Gasteiger partial charge on any atom is 0.340 e. The van der Waals surface area contributed by atoms with Crippen molar-refractivity contribution in [2.24, 2.45) is 0 Å². The molecule has 0 saturated carbocycles. The average Bonchev–Trinajstić information content (AvgIpc) is 2.82. The highest BCUT2D eigenvalue weighted by molar-refractivity contribution is 7.98. The van der Waals surface area contributed by atoms with Crippen molar-refractivity contribution in [3.8, 4) is 11.5 Å². The molecule has 0 radical (unpaired) electrons. The number of hydrogen-bond donors (Lipinski definition) is 1. The van der Waals surface area contributed by atoms with Crippen LogP contribution in [-0.4, -0.2) is 43.4 Å². The molecule has 0 aliphatic carbocycles. The molecule has 0 atom stereocenters. The van der Waals surface area contributed by atoms with Crippen molar-refractivity contribution in [1.82, 2.24) is 4.98 Å². The van der Waals surface area contributed by atoms with E-state index in [9.17, 15) is 9.59 Å². The van der Waals surface area contributed by atoms with Crippen LogP contribution in [-0.2, 0) is 4.74 Å². The molecule has 2 aromatic carbocycles. The van der Waals surface area contributed by atoms with Gasteiger partial charge in [-0.2, -0.15) is 0 Å². The second-order valence-corrected chi connectivity index (χ2v) is 8.12. The van der Waals surface area contributed by atoms with Crippen LogP contribution in [0.15, 0.2) is 59.8 Å². The number of halogens is 2. The summed E-state index contributed by atoms with van der Waals surface area (Å²) in [5.41, 5.74) is 0.599. The monoisotopic (exact) mass is 506 g/mol. The number of esters is 1. The van der Waals surface area contributed by atoms with Crippen LogP contribution >= 0.6 is 35.0 Å². The highest BCUT2D eigenvalue weighted by Crippen LogP contribution is 2.27. The van der Waals surface area contributed by atoms with Crippen LogP contribution in [0.25, 0.3) is 0 Å². The van der Waals surface area contributed by atoms with Crippen molar-refractivity contribution < 1.29 is 23.8 Å². The number of nitrogens with one attached hydrogen (secondary N) is 1. The summed E-state index contributed by atoms with van der Waals surface area (Å²) in [6.45, 7) is 0.510. The summed E-state index contributed by atoms with van der Waals surface area (Å²) >= 11 is 13.5. The Morgan fingerprint density at radius 2 is 1.82 bits per heavy atom. The molecule has 0 bridgehead atoms. The van der Waals surface area contributed by atoms with Gasteiger partial charge in [0.25, 0.3) is 5.91 Å². The summed E-state index contributed by atoms with van der Waals surface area (Å²) in [6, 6.07) is 12.8. The topological polar surface area (TPSA) is 86.8 Å². The summed E-state index contributed by atoms with van der Waals surface area (Å²) in [5, 5.41) is 4.06. The molecule has 1 N–H and O–H groups in total. The molecule has 0 fully saturated rings. The van der Waals surface area contributed by atoms with Gasteiger partial charge in [0.15, 0.2) is 5.75 Å². The number of carbonyl (C=O) groups excluding carboxylic acids is 2. The molecule has 3 aromatic rings. The van der Waals surface area contributed by atoms with Gasteiger partial charge < -0.3 is 19.5 Å². The molecule has 0 saturated heterocycles. The van der Waals surface area contributed by atoms with Gasteiger partial charge in [0, 0.05) is 11.2 Å². The predicted molar refractivity (Wildman–Crippen MR) is 129 cm³/mol. The van der Waals surface area contributed by atoms with E-state index < -0.39 is 11.9 Å². The lowest BCUT2D eigenvalue weighted by Gasteiger charge is -2.14. The molecule has 33 heavy (non-hydrogen) atoms. The Morgan fingerprint density at radius 3 is 2.55 bits per heavy atom. The number of amides is 1. The first kappa shape index (κ1) is 24.7. The Hall–Kier alpha value is -2.94. The van der Waals surface area contributed by atoms with E-state index in [1.165, 1.54) is 37.1 Å².